The van der Waals surface area contributed by atoms with Crippen molar-refractivity contribution in [2.75, 3.05) is 60.4 Å². The molecule has 8 rings (SSSR count). The number of cyclic esters (lactones) is 1. The van der Waals surface area contributed by atoms with Crippen LogP contribution < -0.4 is 46.5 Å². The smallest absolute Gasteiger partial charge is 0.399 e. The van der Waals surface area contributed by atoms with Crippen LogP contribution in [0.4, 0.5) is 27.1 Å². The number of carboxylic acids is 4. The minimum absolute atomic E-state index is 0. The number of rotatable bonds is 16. The minimum Gasteiger partial charge on any atom is -0.399 e. The van der Waals surface area contributed by atoms with Gasteiger partial charge in [-0.15, -0.1) is 17.0 Å². The van der Waals surface area contributed by atoms with E-state index in [2.05, 4.69) is 127 Å². The van der Waals surface area contributed by atoms with Crippen molar-refractivity contribution in [2.45, 2.75) is 167 Å². The SMILES string of the molecule is Br.C=C(C)C(=O)Cl.C=C(C)C(=O)N1CCC[C@@H]1C(=O)O.C[C@@]1(CBr)OC(=O)C2CCCN2C1=O.C[C@](O)(CBr)C(=O)O.C[C@](O)(CBr)C(=O)O.N[N-]O.O=C(O)[C@H]1CCCN1.[2H]CF.[B]=NS.[C-]#[N+]c1ccc(CC(=O)[C@@](C)(O)CBr)cc1C.[C-]#[N+]c1ccc(CC(=O)[C@]2(C)CO2)cc1C.[C-]#[N+]c1ccc(N)cc1C.[Na+]. The number of benzene rings is 3. The van der Waals surface area contributed by atoms with Crippen molar-refractivity contribution in [3.8, 4) is 0 Å². The molecule has 0 aliphatic carbocycles. The number of nitrogens with two attached hydrogens (primary N) is 2. The van der Waals surface area contributed by atoms with Crippen LogP contribution in [0.15, 0.2) is 83.2 Å². The maximum Gasteiger partial charge on any atom is 1.00 e. The van der Waals surface area contributed by atoms with Crippen molar-refractivity contribution in [3.05, 3.63) is 147 Å². The van der Waals surface area contributed by atoms with Gasteiger partial charge in [-0.25, -0.2) is 33.7 Å². The molecule has 0 aromatic heterocycles. The van der Waals surface area contributed by atoms with Crippen molar-refractivity contribution in [1.82, 2.24) is 15.1 Å². The Morgan fingerprint density at radius 1 is 0.773 bits per heavy atom. The first-order valence-corrected chi connectivity index (χ1v) is 37.0. The van der Waals surface area contributed by atoms with E-state index in [9.17, 15) is 57.4 Å². The Balaban J connectivity index is -0.000000279. The van der Waals surface area contributed by atoms with E-state index >= 15 is 0 Å². The van der Waals surface area contributed by atoms with Crippen molar-refractivity contribution in [3.63, 3.8) is 0 Å². The number of fused-ring (bicyclic) bond motifs is 1. The van der Waals surface area contributed by atoms with Gasteiger partial charge in [-0.3, -0.25) is 33.2 Å². The number of nitrogens with one attached hydrogen (secondary N) is 1. The van der Waals surface area contributed by atoms with Crippen LogP contribution in [0.3, 0.4) is 0 Å². The van der Waals surface area contributed by atoms with Gasteiger partial charge in [0.25, 0.3) is 5.91 Å². The first kappa shape index (κ1) is 113. The first-order valence-electron chi connectivity index (χ1n) is 32.5. The van der Waals surface area contributed by atoms with Crippen LogP contribution >= 0.6 is 105 Å². The molecule has 30 nitrogen and oxygen atoms in total. The number of halogens is 7. The molecule has 605 valence electrons. The average Bonchev–Trinajstić information content (AvgIpc) is 1.73. The molecule has 1 radical (unpaired) electrons. The monoisotopic (exact) mass is 1910 g/mol. The standard InChI is InChI=1S/C13H14BrNO2.C13H13NO2.C9H12BrNO3.C9H13NO3.C8H8N2.C5H9NO2.2C4H7BrO3.C4H5ClO.CH3F.BHNS.BrH.H3N2O.Na/c1-9-6-10(4-5-11(9)15-3)7-12(16)13(2,17)8-14;1-9-6-10(4-5-11(9)14-3)7-12(15)13(2)8-16-13;1-9(5-10)8(13)11-4-2-3-6(11)7(12)14-9;1-6(2)8(11)10-5-3-4-7(10)9(12)13;1-6-5-7(9)3-4-8(6)10-2;7-5(8)4-2-1-3-6-4;2*1-4(8,2-5)3(6)7;1-3(2)4(5)6;1-2;1-2-3;;1-2-3;/h4-6,17H,7-8H2,1-2H3;4-6H,7-8H2,1-2H3;6H,2-5H2,1H3;7H,1,3-5H2,2H3,(H,12,13);3-5H,9H2,1H3;4,6H,1-3H2,(H,7,8);2*8H,2H2,1H3,(H,6,7);1H2,2H3;1H3;3H;1H;3H,1H2;/q;;;;;;;;;;;;-1;+1/t2*13-;6?,9-;7-;;3*4-;;;;;;/m0001.100....../s1/i;;;;;;;;;1D;;;;. The number of amides is 2. The molecule has 5 aliphatic rings. The first-order chi connectivity index (χ1) is 50.5. The number of hydrogen-bond acceptors (Lipinski definition) is 21. The molecule has 0 bridgehead atoms. The number of carbonyl (C=O) groups excluding carboxylic acids is 6. The number of anilines is 1. The van der Waals surface area contributed by atoms with Gasteiger partial charge in [0.2, 0.25) is 11.1 Å². The summed E-state index contributed by atoms with van der Waals surface area (Å²) in [6.07, 6.45) is 5.29. The summed E-state index contributed by atoms with van der Waals surface area (Å²) in [5, 5.41) is 70.8. The molecule has 5 aliphatic heterocycles. The van der Waals surface area contributed by atoms with E-state index in [0.717, 1.165) is 66.5 Å². The Morgan fingerprint density at radius 2 is 1.17 bits per heavy atom. The number of likely N-dealkylation sites (tertiary alicyclic amines) is 1. The molecule has 5 saturated heterocycles. The Bertz CT molecular complexity index is 3670. The van der Waals surface area contributed by atoms with Gasteiger partial charge in [0.05, 0.1) is 40.2 Å². The van der Waals surface area contributed by atoms with Gasteiger partial charge in [0.15, 0.2) is 45.4 Å². The molecule has 40 heteroatoms. The van der Waals surface area contributed by atoms with Crippen LogP contribution in [0.5, 0.6) is 0 Å². The fourth-order valence-electron chi connectivity index (χ4n) is 8.30. The van der Waals surface area contributed by atoms with Gasteiger partial charge in [-0.1, -0.05) is 119 Å². The zero-order chi connectivity index (χ0) is 85.6. The number of aliphatic carboxylic acids is 4. The van der Waals surface area contributed by atoms with Crippen molar-refractivity contribution < 1.29 is 134 Å². The number of morpholine rings is 1. The van der Waals surface area contributed by atoms with Gasteiger partial charge < -0.3 is 82.7 Å². The molecule has 3 aromatic rings. The fraction of sp³-hybridized carbons (Fsp3) is 0.500. The molecule has 3 aromatic carbocycles. The molecule has 2 amide bonds. The van der Waals surface area contributed by atoms with Gasteiger partial charge in [0.1, 0.15) is 29.3 Å². The number of carbonyl (C=O) groups is 10. The number of ketones is 2. The number of aliphatic hydroxyl groups is 3. The van der Waals surface area contributed by atoms with E-state index in [1.165, 1.54) is 25.7 Å². The van der Waals surface area contributed by atoms with E-state index in [0.29, 0.717) is 71.8 Å². The summed E-state index contributed by atoms with van der Waals surface area (Å²) < 4.78 is 28.5. The van der Waals surface area contributed by atoms with Crippen molar-refractivity contribution in [1.29, 1.82) is 0 Å². The molecular weight excluding hydrogens is 1820 g/mol. The summed E-state index contributed by atoms with van der Waals surface area (Å²) >= 11 is 20.1. The predicted molar refractivity (Wildman–Crippen MR) is 435 cm³/mol. The zero-order valence-corrected chi connectivity index (χ0v) is 74.5. The third-order valence-corrected chi connectivity index (χ3v) is 19.6. The van der Waals surface area contributed by atoms with Crippen LogP contribution in [-0.2, 0) is 70.3 Å². The van der Waals surface area contributed by atoms with Crippen molar-refractivity contribution in [2.24, 2.45) is 10.1 Å². The quantitative estimate of drug-likeness (QED) is 0.00548. The second kappa shape index (κ2) is 59.0. The van der Waals surface area contributed by atoms with E-state index in [1.807, 2.05) is 51.5 Å². The number of allylic oxidation sites excluding steroid dienone is 1. The molecule has 0 spiro atoms. The molecule has 8 atom stereocenters. The number of aryl methyl sites for hydroxylation is 3. The molecule has 0 saturated carbocycles. The summed E-state index contributed by atoms with van der Waals surface area (Å²) in [5.74, 6) is -0.740. The van der Waals surface area contributed by atoms with E-state index in [4.69, 9.17) is 83.7 Å². The summed E-state index contributed by atoms with van der Waals surface area (Å²) in [7, 11) is 3.34. The third kappa shape index (κ3) is 44.0. The van der Waals surface area contributed by atoms with E-state index in [-0.39, 0.29) is 110 Å². The number of carboxylic acid groups (broad SMARTS) is 4. The number of nitrogens with zero attached hydrogens (tertiary/aromatic N) is 7. The van der Waals surface area contributed by atoms with Crippen LogP contribution in [0.25, 0.3) is 20.1 Å². The van der Waals surface area contributed by atoms with E-state index < -0.39 is 70.3 Å². The Kier molecular flexibility index (Phi) is 60.5. The van der Waals surface area contributed by atoms with Crippen LogP contribution in [0.1, 0.15) is 116 Å². The van der Waals surface area contributed by atoms with E-state index in [1.54, 1.807) is 62.1 Å². The van der Waals surface area contributed by atoms with Gasteiger partial charge >= 0.3 is 84.2 Å². The largest absolute Gasteiger partial charge is 1.00 e. The molecule has 1 unspecified atom stereocenters. The number of esters is 1. The minimum atomic E-state index is -1.62. The molecule has 13 N–H and O–H groups in total. The van der Waals surface area contributed by atoms with Crippen LogP contribution in [0, 0.1) is 40.5 Å². The third-order valence-electron chi connectivity index (χ3n) is 15.0. The normalized spacial score (nSPS) is 18.9. The second-order valence-corrected chi connectivity index (χ2v) is 27.5. The summed E-state index contributed by atoms with van der Waals surface area (Å²) in [6.45, 7) is 46.2. The number of nitrogen functional groups attached to an aromatic ring is 1. The molecular formula is C70H96BBr5ClFN10NaO20S. The Hall–Kier alpha value is -5.78. The number of ether oxygens (including phenoxy) is 2. The number of alkyl halides is 5. The summed E-state index contributed by atoms with van der Waals surface area (Å²) in [5.41, 5.74) is 9.22. The molecule has 110 heavy (non-hydrogen) atoms. The maximum absolute atomic E-state index is 11.9. The van der Waals surface area contributed by atoms with Crippen LogP contribution in [0.2, 0.25) is 0 Å². The summed E-state index contributed by atoms with van der Waals surface area (Å²) in [6, 6.07) is 14.8. The maximum atomic E-state index is 11.9. The number of thiol groups is 1. The molecule has 5 fully saturated rings. The molecule has 5 heterocycles. The number of Topliss-reactive ketones (excluding diaryl/α,β-unsaturated/α-hetero) is 2. The van der Waals surface area contributed by atoms with Gasteiger partial charge in [-0.2, -0.15) is 0 Å². The van der Waals surface area contributed by atoms with Gasteiger partial charge in [0, 0.05) is 58.8 Å². The Labute approximate surface area is 720 Å². The average molecular weight is 1920 g/mol. The second-order valence-electron chi connectivity index (χ2n) is 24.7. The Morgan fingerprint density at radius 3 is 1.47 bits per heavy atom. The topological polar surface area (TPSA) is 464 Å². The fourth-order valence-corrected chi connectivity index (χ4v) is 9.45. The van der Waals surface area contributed by atoms with Crippen LogP contribution in [-0.4, -0.2) is 218 Å². The number of epoxide rings is 1. The number of hydrogen-bond donors (Lipinski definition) is 12. The zero-order valence-electron chi connectivity index (χ0n) is 63.8. The predicted octanol–water partition coefficient (Wildman–Crippen LogP) is 8.26. The summed E-state index contributed by atoms with van der Waals surface area (Å²) in [4.78, 5) is 122. The van der Waals surface area contributed by atoms with Crippen molar-refractivity contribution >= 4 is 194 Å². The van der Waals surface area contributed by atoms with Gasteiger partial charge in [-0.05, 0) is 166 Å².